The first-order valence-electron chi connectivity index (χ1n) is 5.71. The summed E-state index contributed by atoms with van der Waals surface area (Å²) in [4.78, 5) is 14.2. The molecule has 0 aromatic rings. The first-order chi connectivity index (χ1) is 6.74. The summed E-state index contributed by atoms with van der Waals surface area (Å²) < 4.78 is 0. The Balaban J connectivity index is 2.09. The molecule has 2 saturated heterocycles. The third-order valence-corrected chi connectivity index (χ3v) is 4.45. The smallest absolute Gasteiger partial charge is 0.232 e. The van der Waals surface area contributed by atoms with E-state index in [2.05, 4.69) is 6.08 Å². The van der Waals surface area contributed by atoms with Gasteiger partial charge in [-0.25, -0.2) is 0 Å². The summed E-state index contributed by atoms with van der Waals surface area (Å²) in [6.45, 7) is 0. The van der Waals surface area contributed by atoms with Crippen molar-refractivity contribution in [2.75, 3.05) is 7.05 Å². The Labute approximate surface area is 85.0 Å². The van der Waals surface area contributed by atoms with E-state index >= 15 is 0 Å². The zero-order valence-corrected chi connectivity index (χ0v) is 8.75. The van der Waals surface area contributed by atoms with Crippen molar-refractivity contribution in [3.8, 4) is 0 Å². The highest BCUT2D eigenvalue weighted by Crippen LogP contribution is 2.53. The second-order valence-electron chi connectivity index (χ2n) is 5.02. The average molecular weight is 191 g/mol. The van der Waals surface area contributed by atoms with E-state index < -0.39 is 0 Å². The predicted octanol–water partition coefficient (Wildman–Crippen LogP) is 2.11. The number of fused-ring (bicyclic) bond motifs is 2. The predicted molar refractivity (Wildman–Crippen MR) is 54.8 cm³/mol. The summed E-state index contributed by atoms with van der Waals surface area (Å²) in [6.07, 6.45) is 9.35. The molecular formula is C12H17NO. The molecule has 0 aromatic heterocycles. The zero-order valence-electron chi connectivity index (χ0n) is 8.75. The van der Waals surface area contributed by atoms with Crippen LogP contribution >= 0.6 is 0 Å². The van der Waals surface area contributed by atoms with Crippen LogP contribution in [0.15, 0.2) is 11.6 Å². The minimum Gasteiger partial charge on any atom is -0.342 e. The standard InChI is InChI=1S/C12H17NO/c1-13-10-5-7-12(11(13)14)6-3-2-4-9(12)8-10/h4,10H,2-3,5-8H2,1H3. The van der Waals surface area contributed by atoms with Gasteiger partial charge in [0.2, 0.25) is 5.91 Å². The van der Waals surface area contributed by atoms with E-state index in [1.54, 1.807) is 0 Å². The van der Waals surface area contributed by atoms with Gasteiger partial charge in [0.25, 0.3) is 0 Å². The van der Waals surface area contributed by atoms with Crippen LogP contribution in [0.25, 0.3) is 0 Å². The quantitative estimate of drug-likeness (QED) is 0.537. The number of hydrogen-bond donors (Lipinski definition) is 0. The van der Waals surface area contributed by atoms with Gasteiger partial charge in [-0.2, -0.15) is 0 Å². The van der Waals surface area contributed by atoms with Gasteiger partial charge in [0.15, 0.2) is 0 Å². The molecule has 2 aliphatic heterocycles. The van der Waals surface area contributed by atoms with Crippen LogP contribution < -0.4 is 0 Å². The molecule has 2 atom stereocenters. The Hall–Kier alpha value is -0.790. The fourth-order valence-corrected chi connectivity index (χ4v) is 3.55. The number of nitrogens with zero attached hydrogens (tertiary/aromatic N) is 1. The van der Waals surface area contributed by atoms with Gasteiger partial charge in [-0.1, -0.05) is 11.6 Å². The van der Waals surface area contributed by atoms with Crippen molar-refractivity contribution in [2.24, 2.45) is 5.41 Å². The minimum atomic E-state index is -0.0399. The van der Waals surface area contributed by atoms with Gasteiger partial charge in [-0.05, 0) is 38.5 Å². The van der Waals surface area contributed by atoms with Crippen molar-refractivity contribution in [1.29, 1.82) is 0 Å². The average Bonchev–Trinajstić information content (AvgIpc) is 2.24. The fraction of sp³-hybridized carbons (Fsp3) is 0.750. The number of carbonyl (C=O) groups excluding carboxylic acids is 1. The highest BCUT2D eigenvalue weighted by atomic mass is 16.2. The van der Waals surface area contributed by atoms with Gasteiger partial charge in [-0.3, -0.25) is 4.79 Å². The van der Waals surface area contributed by atoms with Crippen LogP contribution in [0.4, 0.5) is 0 Å². The number of amides is 1. The lowest BCUT2D eigenvalue weighted by atomic mass is 9.59. The molecule has 14 heavy (non-hydrogen) atoms. The van der Waals surface area contributed by atoms with Crippen LogP contribution in [0.3, 0.4) is 0 Å². The zero-order chi connectivity index (χ0) is 9.76. The minimum absolute atomic E-state index is 0.0399. The van der Waals surface area contributed by atoms with Crippen LogP contribution in [0, 0.1) is 5.41 Å². The Morgan fingerprint density at radius 3 is 3.21 bits per heavy atom. The first kappa shape index (κ1) is 8.51. The van der Waals surface area contributed by atoms with Gasteiger partial charge in [0.05, 0.1) is 5.41 Å². The van der Waals surface area contributed by atoms with Crippen LogP contribution in [0.2, 0.25) is 0 Å². The van der Waals surface area contributed by atoms with E-state index in [-0.39, 0.29) is 5.41 Å². The van der Waals surface area contributed by atoms with Crippen molar-refractivity contribution in [3.63, 3.8) is 0 Å². The molecule has 1 spiro atoms. The summed E-state index contributed by atoms with van der Waals surface area (Å²) in [5.74, 6) is 0.408. The number of rotatable bonds is 0. The molecule has 2 heterocycles. The SMILES string of the molecule is CN1C(=O)C23CCCC=C2CC1CC3. The number of piperidine rings is 2. The summed E-state index contributed by atoms with van der Waals surface area (Å²) >= 11 is 0. The molecule has 2 heteroatoms. The number of allylic oxidation sites excluding steroid dienone is 1. The van der Waals surface area contributed by atoms with Crippen molar-refractivity contribution in [3.05, 3.63) is 11.6 Å². The summed E-state index contributed by atoms with van der Waals surface area (Å²) in [5.41, 5.74) is 1.44. The molecule has 1 saturated carbocycles. The normalized spacial score (nSPS) is 40.9. The molecule has 1 amide bonds. The van der Waals surface area contributed by atoms with Gasteiger partial charge in [0, 0.05) is 13.1 Å². The number of carbonyl (C=O) groups is 1. The lowest BCUT2D eigenvalue weighted by Gasteiger charge is -2.53. The summed E-state index contributed by atoms with van der Waals surface area (Å²) in [6, 6.07) is 0.508. The van der Waals surface area contributed by atoms with E-state index in [1.165, 1.54) is 24.8 Å². The fourth-order valence-electron chi connectivity index (χ4n) is 3.55. The third kappa shape index (κ3) is 0.844. The second kappa shape index (κ2) is 2.62. The molecule has 0 aromatic carbocycles. The maximum atomic E-state index is 12.2. The van der Waals surface area contributed by atoms with Crippen LogP contribution in [0.5, 0.6) is 0 Å². The van der Waals surface area contributed by atoms with E-state index in [9.17, 15) is 4.79 Å². The molecule has 4 aliphatic rings. The van der Waals surface area contributed by atoms with Crippen molar-refractivity contribution in [1.82, 2.24) is 4.90 Å². The van der Waals surface area contributed by atoms with Crippen molar-refractivity contribution < 1.29 is 4.79 Å². The van der Waals surface area contributed by atoms with Gasteiger partial charge < -0.3 is 4.90 Å². The van der Waals surface area contributed by atoms with E-state index in [4.69, 9.17) is 0 Å². The second-order valence-corrected chi connectivity index (χ2v) is 5.02. The van der Waals surface area contributed by atoms with Gasteiger partial charge in [0.1, 0.15) is 0 Å². The number of hydrogen-bond acceptors (Lipinski definition) is 1. The van der Waals surface area contributed by atoms with Crippen LogP contribution in [-0.4, -0.2) is 23.9 Å². The molecule has 2 bridgehead atoms. The Morgan fingerprint density at radius 1 is 1.50 bits per heavy atom. The molecule has 0 radical (unpaired) electrons. The maximum absolute atomic E-state index is 12.2. The first-order valence-corrected chi connectivity index (χ1v) is 5.71. The lowest BCUT2D eigenvalue weighted by Crippen LogP contribution is -2.58. The van der Waals surface area contributed by atoms with Gasteiger partial charge in [-0.15, -0.1) is 0 Å². The largest absolute Gasteiger partial charge is 0.342 e. The summed E-state index contributed by atoms with van der Waals surface area (Å²) in [7, 11) is 1.99. The highest BCUT2D eigenvalue weighted by Gasteiger charge is 2.53. The van der Waals surface area contributed by atoms with E-state index in [0.717, 1.165) is 19.3 Å². The van der Waals surface area contributed by atoms with E-state index in [1.807, 2.05) is 11.9 Å². The molecule has 2 nitrogen and oxygen atoms in total. The molecule has 2 unspecified atom stereocenters. The molecule has 4 rings (SSSR count). The third-order valence-electron chi connectivity index (χ3n) is 4.45. The molecule has 2 aliphatic carbocycles. The topological polar surface area (TPSA) is 20.3 Å². The lowest BCUT2D eigenvalue weighted by molar-refractivity contribution is -0.150. The Morgan fingerprint density at radius 2 is 2.36 bits per heavy atom. The Kier molecular flexibility index (Phi) is 1.59. The van der Waals surface area contributed by atoms with Crippen LogP contribution in [0.1, 0.15) is 38.5 Å². The molecule has 76 valence electrons. The van der Waals surface area contributed by atoms with Gasteiger partial charge >= 0.3 is 0 Å². The van der Waals surface area contributed by atoms with Crippen molar-refractivity contribution in [2.45, 2.75) is 44.6 Å². The molecule has 3 fully saturated rings. The van der Waals surface area contributed by atoms with E-state index in [0.29, 0.717) is 11.9 Å². The van der Waals surface area contributed by atoms with Crippen LogP contribution in [-0.2, 0) is 4.79 Å². The summed E-state index contributed by atoms with van der Waals surface area (Å²) in [5, 5.41) is 0. The van der Waals surface area contributed by atoms with Crippen molar-refractivity contribution >= 4 is 5.91 Å². The Bertz CT molecular complexity index is 320. The highest BCUT2D eigenvalue weighted by molar-refractivity contribution is 5.88. The molecular weight excluding hydrogens is 174 g/mol. The maximum Gasteiger partial charge on any atom is 0.232 e. The monoisotopic (exact) mass is 191 g/mol. The molecule has 0 N–H and O–H groups in total.